The molecule has 4 heteroatoms. The van der Waals surface area contributed by atoms with E-state index in [1.54, 1.807) is 0 Å². The van der Waals surface area contributed by atoms with E-state index in [4.69, 9.17) is 10.2 Å². The molecule has 0 aromatic heterocycles. The molecular formula is C6H13NO3. The van der Waals surface area contributed by atoms with Crippen molar-refractivity contribution in [3.05, 3.63) is 0 Å². The number of carbonyl (C=O) groups excluding carboxylic acids is 1. The minimum atomic E-state index is -0.319. The molecule has 0 aromatic carbocycles. The fraction of sp³-hybridized carbons (Fsp3) is 0.833. The summed E-state index contributed by atoms with van der Waals surface area (Å²) in [5, 5.41) is 19.5. The Balaban J connectivity index is 3.52. The molecule has 0 aromatic rings. The molecule has 0 rings (SSSR count). The normalized spacial score (nSPS) is 10.0. The lowest BCUT2D eigenvalue weighted by atomic mass is 10.1. The standard InChI is InChI=1S/C6H13NO3/c1-7-6(10)2-5(3-8)4-9/h5,8-9H,2-4H2,1H3,(H,7,10). The highest BCUT2D eigenvalue weighted by Crippen LogP contribution is 1.98. The number of hydrogen-bond acceptors (Lipinski definition) is 3. The first-order valence-electron chi connectivity index (χ1n) is 3.16. The van der Waals surface area contributed by atoms with Gasteiger partial charge in [-0.05, 0) is 0 Å². The van der Waals surface area contributed by atoms with Crippen LogP contribution in [0.3, 0.4) is 0 Å². The molecule has 0 heterocycles. The molecule has 0 saturated heterocycles. The average molecular weight is 147 g/mol. The Morgan fingerprint density at radius 1 is 1.50 bits per heavy atom. The maximum Gasteiger partial charge on any atom is 0.220 e. The van der Waals surface area contributed by atoms with Gasteiger partial charge in [-0.2, -0.15) is 0 Å². The molecule has 4 nitrogen and oxygen atoms in total. The lowest BCUT2D eigenvalue weighted by Gasteiger charge is -2.07. The van der Waals surface area contributed by atoms with Crippen molar-refractivity contribution in [2.24, 2.45) is 5.92 Å². The second kappa shape index (κ2) is 5.20. The Bertz CT molecular complexity index is 101. The molecule has 0 aliphatic heterocycles. The highest BCUT2D eigenvalue weighted by molar-refractivity contribution is 5.75. The summed E-state index contributed by atoms with van der Waals surface area (Å²) in [6.45, 7) is -0.298. The molecule has 0 unspecified atom stereocenters. The molecule has 60 valence electrons. The topological polar surface area (TPSA) is 69.6 Å². The van der Waals surface area contributed by atoms with E-state index in [1.807, 2.05) is 0 Å². The van der Waals surface area contributed by atoms with Crippen LogP contribution >= 0.6 is 0 Å². The van der Waals surface area contributed by atoms with E-state index in [2.05, 4.69) is 5.32 Å². The molecule has 0 fully saturated rings. The van der Waals surface area contributed by atoms with Crippen LogP contribution in [-0.4, -0.2) is 36.4 Å². The molecule has 1 amide bonds. The highest BCUT2D eigenvalue weighted by Gasteiger charge is 2.09. The SMILES string of the molecule is CNC(=O)CC(CO)CO. The Morgan fingerprint density at radius 2 is 2.00 bits per heavy atom. The van der Waals surface area contributed by atoms with Gasteiger partial charge in [0.2, 0.25) is 5.91 Å². The summed E-state index contributed by atoms with van der Waals surface area (Å²) in [4.78, 5) is 10.6. The van der Waals surface area contributed by atoms with Gasteiger partial charge in [-0.25, -0.2) is 0 Å². The number of aliphatic hydroxyl groups excluding tert-OH is 2. The Labute approximate surface area is 59.9 Å². The fourth-order valence-corrected chi connectivity index (χ4v) is 0.551. The molecule has 0 bridgehead atoms. The zero-order valence-electron chi connectivity index (χ0n) is 6.00. The molecule has 0 spiro atoms. The number of aliphatic hydroxyl groups is 2. The molecule has 0 aliphatic carbocycles. The van der Waals surface area contributed by atoms with Gasteiger partial charge in [-0.15, -0.1) is 0 Å². The maximum atomic E-state index is 10.6. The zero-order valence-corrected chi connectivity index (χ0v) is 6.00. The van der Waals surface area contributed by atoms with E-state index in [9.17, 15) is 4.79 Å². The molecule has 0 aliphatic rings. The summed E-state index contributed by atoms with van der Waals surface area (Å²) in [6, 6.07) is 0. The van der Waals surface area contributed by atoms with Crippen LogP contribution in [-0.2, 0) is 4.79 Å². The lowest BCUT2D eigenvalue weighted by Crippen LogP contribution is -2.24. The second-order valence-electron chi connectivity index (χ2n) is 2.11. The molecule has 0 atom stereocenters. The predicted molar refractivity (Wildman–Crippen MR) is 36.3 cm³/mol. The van der Waals surface area contributed by atoms with E-state index in [0.29, 0.717) is 0 Å². The Kier molecular flexibility index (Phi) is 4.88. The van der Waals surface area contributed by atoms with Crippen molar-refractivity contribution < 1.29 is 15.0 Å². The zero-order chi connectivity index (χ0) is 7.98. The van der Waals surface area contributed by atoms with Crippen LogP contribution in [0.5, 0.6) is 0 Å². The van der Waals surface area contributed by atoms with Gasteiger partial charge in [0.15, 0.2) is 0 Å². The fourth-order valence-electron chi connectivity index (χ4n) is 0.551. The number of carbonyl (C=O) groups is 1. The molecule has 0 radical (unpaired) electrons. The third-order valence-corrected chi connectivity index (χ3v) is 1.27. The van der Waals surface area contributed by atoms with Gasteiger partial charge in [0.05, 0.1) is 0 Å². The van der Waals surface area contributed by atoms with Crippen molar-refractivity contribution in [2.45, 2.75) is 6.42 Å². The van der Waals surface area contributed by atoms with Crippen molar-refractivity contribution in [3.8, 4) is 0 Å². The summed E-state index contributed by atoms with van der Waals surface area (Å²) in [6.07, 6.45) is 0.184. The molecule has 0 saturated carbocycles. The van der Waals surface area contributed by atoms with Crippen molar-refractivity contribution >= 4 is 5.91 Å². The molecule has 10 heavy (non-hydrogen) atoms. The first-order valence-corrected chi connectivity index (χ1v) is 3.16. The minimum Gasteiger partial charge on any atom is -0.396 e. The first-order chi connectivity index (χ1) is 4.74. The van der Waals surface area contributed by atoms with E-state index < -0.39 is 0 Å². The third-order valence-electron chi connectivity index (χ3n) is 1.27. The van der Waals surface area contributed by atoms with Gasteiger partial charge in [0.1, 0.15) is 0 Å². The number of hydrogen-bond donors (Lipinski definition) is 3. The van der Waals surface area contributed by atoms with Crippen LogP contribution in [0.1, 0.15) is 6.42 Å². The quantitative estimate of drug-likeness (QED) is 0.464. The highest BCUT2D eigenvalue weighted by atomic mass is 16.3. The van der Waals surface area contributed by atoms with Gasteiger partial charge in [-0.1, -0.05) is 0 Å². The van der Waals surface area contributed by atoms with Gasteiger partial charge in [-0.3, -0.25) is 4.79 Å². The predicted octanol–water partition coefficient (Wildman–Crippen LogP) is -1.28. The molecular weight excluding hydrogens is 134 g/mol. The smallest absolute Gasteiger partial charge is 0.220 e. The number of rotatable bonds is 4. The van der Waals surface area contributed by atoms with Crippen LogP contribution in [0.2, 0.25) is 0 Å². The Hall–Kier alpha value is -0.610. The summed E-state index contributed by atoms with van der Waals surface area (Å²) in [5.74, 6) is -0.479. The Morgan fingerprint density at radius 3 is 2.30 bits per heavy atom. The van der Waals surface area contributed by atoms with E-state index in [-0.39, 0.29) is 31.5 Å². The van der Waals surface area contributed by atoms with Crippen LogP contribution in [0.25, 0.3) is 0 Å². The molecule has 3 N–H and O–H groups in total. The average Bonchev–Trinajstić information content (AvgIpc) is 1.99. The monoisotopic (exact) mass is 147 g/mol. The van der Waals surface area contributed by atoms with Crippen LogP contribution in [0.15, 0.2) is 0 Å². The van der Waals surface area contributed by atoms with Crippen molar-refractivity contribution in [1.29, 1.82) is 0 Å². The third kappa shape index (κ3) is 3.42. The van der Waals surface area contributed by atoms with Gasteiger partial charge >= 0.3 is 0 Å². The van der Waals surface area contributed by atoms with Crippen molar-refractivity contribution in [3.63, 3.8) is 0 Å². The van der Waals surface area contributed by atoms with Crippen molar-refractivity contribution in [1.82, 2.24) is 5.32 Å². The van der Waals surface area contributed by atoms with Gasteiger partial charge in [0.25, 0.3) is 0 Å². The van der Waals surface area contributed by atoms with Crippen LogP contribution in [0, 0.1) is 5.92 Å². The van der Waals surface area contributed by atoms with E-state index in [0.717, 1.165) is 0 Å². The number of nitrogens with one attached hydrogen (secondary N) is 1. The van der Waals surface area contributed by atoms with Gasteiger partial charge in [0, 0.05) is 32.6 Å². The maximum absolute atomic E-state index is 10.6. The largest absolute Gasteiger partial charge is 0.396 e. The minimum absolute atomic E-state index is 0.149. The summed E-state index contributed by atoms with van der Waals surface area (Å²) in [5.41, 5.74) is 0. The van der Waals surface area contributed by atoms with E-state index >= 15 is 0 Å². The summed E-state index contributed by atoms with van der Waals surface area (Å²) < 4.78 is 0. The van der Waals surface area contributed by atoms with Crippen LogP contribution in [0.4, 0.5) is 0 Å². The van der Waals surface area contributed by atoms with Crippen LogP contribution < -0.4 is 5.32 Å². The first kappa shape index (κ1) is 9.39. The second-order valence-corrected chi connectivity index (χ2v) is 2.11. The number of amides is 1. The summed E-state index contributed by atoms with van der Waals surface area (Å²) in [7, 11) is 1.52. The lowest BCUT2D eigenvalue weighted by molar-refractivity contribution is -0.122. The van der Waals surface area contributed by atoms with Crippen molar-refractivity contribution in [2.75, 3.05) is 20.3 Å². The summed E-state index contributed by atoms with van der Waals surface area (Å²) >= 11 is 0. The van der Waals surface area contributed by atoms with Gasteiger partial charge < -0.3 is 15.5 Å². The van der Waals surface area contributed by atoms with E-state index in [1.165, 1.54) is 7.05 Å².